The van der Waals surface area contributed by atoms with Crippen LogP contribution in [0.1, 0.15) is 35.7 Å². The van der Waals surface area contributed by atoms with Crippen molar-refractivity contribution < 1.29 is 0 Å². The molecule has 2 atom stereocenters. The summed E-state index contributed by atoms with van der Waals surface area (Å²) >= 11 is 0. The number of aryl methyl sites for hydroxylation is 1. The van der Waals surface area contributed by atoms with E-state index in [2.05, 4.69) is 52.1 Å². The van der Waals surface area contributed by atoms with E-state index in [1.807, 2.05) is 6.20 Å². The van der Waals surface area contributed by atoms with Gasteiger partial charge in [-0.1, -0.05) is 24.3 Å². The van der Waals surface area contributed by atoms with Gasteiger partial charge in [0, 0.05) is 41.9 Å². The molecule has 0 saturated carbocycles. The molecule has 0 radical (unpaired) electrons. The molecule has 0 spiro atoms. The third kappa shape index (κ3) is 1.67. The van der Waals surface area contributed by atoms with Gasteiger partial charge in [0.25, 0.3) is 0 Å². The number of benzene rings is 1. The van der Waals surface area contributed by atoms with Crippen LogP contribution in [-0.2, 0) is 6.42 Å². The molecule has 5 rings (SSSR count). The number of hydrogen-bond donors (Lipinski definition) is 1. The van der Waals surface area contributed by atoms with Crippen molar-refractivity contribution in [3.05, 3.63) is 53.3 Å². The number of aromatic nitrogens is 3. The van der Waals surface area contributed by atoms with E-state index < -0.39 is 0 Å². The molecule has 0 amide bonds. The predicted octanol–water partition coefficient (Wildman–Crippen LogP) is 3.05. The topological polar surface area (TPSA) is 42.2 Å². The largest absolute Gasteiger partial charge is 0.307 e. The molecule has 4 heterocycles. The predicted molar refractivity (Wildman–Crippen MR) is 85.8 cm³/mol. The fourth-order valence-electron chi connectivity index (χ4n) is 3.94. The van der Waals surface area contributed by atoms with Crippen LogP contribution in [0.25, 0.3) is 16.9 Å². The summed E-state index contributed by atoms with van der Waals surface area (Å²) in [7, 11) is 0. The molecule has 2 bridgehead atoms. The first-order valence-electron chi connectivity index (χ1n) is 7.99. The lowest BCUT2D eigenvalue weighted by molar-refractivity contribution is 0.496. The average molecular weight is 290 g/mol. The van der Waals surface area contributed by atoms with Gasteiger partial charge in [-0.2, -0.15) is 5.10 Å². The summed E-state index contributed by atoms with van der Waals surface area (Å²) in [6.07, 6.45) is 5.58. The van der Waals surface area contributed by atoms with E-state index in [1.165, 1.54) is 35.2 Å². The molecular formula is C18H18N4. The molecule has 2 aliphatic rings. The number of nitrogens with zero attached hydrogens (tertiary/aromatic N) is 3. The molecule has 110 valence electrons. The quantitative estimate of drug-likeness (QED) is 0.749. The second-order valence-corrected chi connectivity index (χ2v) is 6.47. The van der Waals surface area contributed by atoms with Gasteiger partial charge in [0.2, 0.25) is 0 Å². The Bertz CT molecular complexity index is 880. The van der Waals surface area contributed by atoms with Gasteiger partial charge in [0.15, 0.2) is 5.65 Å². The molecule has 3 aromatic rings. The van der Waals surface area contributed by atoms with Crippen molar-refractivity contribution in [3.63, 3.8) is 0 Å². The smallest absolute Gasteiger partial charge is 0.155 e. The molecule has 1 saturated heterocycles. The Morgan fingerprint density at radius 2 is 2.14 bits per heavy atom. The fraction of sp³-hybridized carbons (Fsp3) is 0.333. The first-order valence-corrected chi connectivity index (χ1v) is 7.99. The van der Waals surface area contributed by atoms with E-state index in [0.29, 0.717) is 12.1 Å². The van der Waals surface area contributed by atoms with E-state index in [9.17, 15) is 0 Å². The van der Waals surface area contributed by atoms with E-state index in [0.717, 1.165) is 17.8 Å². The van der Waals surface area contributed by atoms with E-state index in [1.54, 1.807) is 0 Å². The number of rotatable bonds is 1. The molecule has 2 aromatic heterocycles. The number of fused-ring (bicyclic) bond motifs is 6. The Hall–Kier alpha value is -2.20. The van der Waals surface area contributed by atoms with Gasteiger partial charge < -0.3 is 5.32 Å². The van der Waals surface area contributed by atoms with Crippen molar-refractivity contribution >= 4 is 5.65 Å². The van der Waals surface area contributed by atoms with Crippen LogP contribution in [0.4, 0.5) is 0 Å². The van der Waals surface area contributed by atoms with Gasteiger partial charge in [0.1, 0.15) is 0 Å². The lowest BCUT2D eigenvalue weighted by Crippen LogP contribution is -2.33. The van der Waals surface area contributed by atoms with Crippen LogP contribution in [-0.4, -0.2) is 20.6 Å². The fourth-order valence-corrected chi connectivity index (χ4v) is 3.94. The minimum Gasteiger partial charge on any atom is -0.307 e. The van der Waals surface area contributed by atoms with Crippen molar-refractivity contribution in [2.45, 2.75) is 38.3 Å². The Morgan fingerprint density at radius 3 is 3.05 bits per heavy atom. The zero-order chi connectivity index (χ0) is 14.7. The first-order chi connectivity index (χ1) is 10.8. The minimum atomic E-state index is 0.469. The van der Waals surface area contributed by atoms with Crippen LogP contribution in [0.3, 0.4) is 0 Å². The first kappa shape index (κ1) is 12.4. The van der Waals surface area contributed by atoms with Crippen LogP contribution in [0, 0.1) is 6.92 Å². The van der Waals surface area contributed by atoms with Crippen LogP contribution >= 0.6 is 0 Å². The van der Waals surface area contributed by atoms with E-state index in [-0.39, 0.29) is 0 Å². The summed E-state index contributed by atoms with van der Waals surface area (Å²) in [4.78, 5) is 4.65. The van der Waals surface area contributed by atoms with Gasteiger partial charge in [-0.15, -0.1) is 0 Å². The third-order valence-corrected chi connectivity index (χ3v) is 5.09. The van der Waals surface area contributed by atoms with Crippen molar-refractivity contribution in [3.8, 4) is 11.3 Å². The molecule has 2 aliphatic heterocycles. The van der Waals surface area contributed by atoms with E-state index >= 15 is 0 Å². The van der Waals surface area contributed by atoms with Crippen molar-refractivity contribution in [1.29, 1.82) is 0 Å². The maximum atomic E-state index is 4.88. The Kier molecular flexibility index (Phi) is 2.47. The Labute approximate surface area is 129 Å². The molecule has 1 N–H and O–H groups in total. The van der Waals surface area contributed by atoms with E-state index in [4.69, 9.17) is 5.10 Å². The summed E-state index contributed by atoms with van der Waals surface area (Å²) < 4.78 is 2.07. The maximum Gasteiger partial charge on any atom is 0.155 e. The zero-order valence-corrected chi connectivity index (χ0v) is 12.6. The second kappa shape index (κ2) is 4.40. The molecule has 1 aromatic carbocycles. The number of nitrogens with one attached hydrogen (secondary N) is 1. The van der Waals surface area contributed by atoms with Crippen LogP contribution in [0.15, 0.2) is 36.5 Å². The normalized spacial score (nSPS) is 23.0. The lowest BCUT2D eigenvalue weighted by Gasteiger charge is -2.24. The molecule has 4 heteroatoms. The summed E-state index contributed by atoms with van der Waals surface area (Å²) in [6.45, 7) is 2.13. The van der Waals surface area contributed by atoms with Crippen molar-refractivity contribution in [2.75, 3.05) is 0 Å². The summed E-state index contributed by atoms with van der Waals surface area (Å²) in [6, 6.07) is 11.6. The summed E-state index contributed by atoms with van der Waals surface area (Å²) in [5.41, 5.74) is 7.10. The van der Waals surface area contributed by atoms with Crippen molar-refractivity contribution in [2.24, 2.45) is 0 Å². The average Bonchev–Trinajstić information content (AvgIpc) is 3.12. The highest BCUT2D eigenvalue weighted by atomic mass is 15.3. The molecular weight excluding hydrogens is 272 g/mol. The summed E-state index contributed by atoms with van der Waals surface area (Å²) in [5.74, 6) is 0. The Morgan fingerprint density at radius 1 is 1.23 bits per heavy atom. The summed E-state index contributed by atoms with van der Waals surface area (Å²) in [5, 5.41) is 8.56. The molecule has 0 unspecified atom stereocenters. The standard InChI is InChI=1S/C18H18N4/c1-11-4-2-3-5-13(11)16-9-18-19-10-14-15-7-6-12(20-15)8-17(14)22(18)21-16/h2-5,9-10,12,15,20H,6-8H2,1H3/t12-,15+/m0/s1. The molecule has 1 fully saturated rings. The lowest BCUT2D eigenvalue weighted by atomic mass is 10.0. The SMILES string of the molecule is Cc1ccccc1-c1cc2ncc3c(n2n1)C[C@@H]1CC[C@H]3N1. The highest BCUT2D eigenvalue weighted by molar-refractivity contribution is 5.67. The third-order valence-electron chi connectivity index (χ3n) is 5.09. The molecule has 22 heavy (non-hydrogen) atoms. The van der Waals surface area contributed by atoms with Gasteiger partial charge in [-0.05, 0) is 25.3 Å². The van der Waals surface area contributed by atoms with Crippen LogP contribution in [0.2, 0.25) is 0 Å². The van der Waals surface area contributed by atoms with Gasteiger partial charge in [-0.3, -0.25) is 0 Å². The minimum absolute atomic E-state index is 0.469. The zero-order valence-electron chi connectivity index (χ0n) is 12.6. The van der Waals surface area contributed by atoms with Crippen LogP contribution < -0.4 is 5.32 Å². The number of hydrogen-bond acceptors (Lipinski definition) is 3. The van der Waals surface area contributed by atoms with Crippen molar-refractivity contribution in [1.82, 2.24) is 19.9 Å². The van der Waals surface area contributed by atoms with Gasteiger partial charge >= 0.3 is 0 Å². The Balaban J connectivity index is 1.72. The molecule has 4 nitrogen and oxygen atoms in total. The molecule has 0 aliphatic carbocycles. The van der Waals surface area contributed by atoms with Gasteiger partial charge in [-0.25, -0.2) is 9.50 Å². The highest BCUT2D eigenvalue weighted by Gasteiger charge is 2.34. The van der Waals surface area contributed by atoms with Crippen LogP contribution in [0.5, 0.6) is 0 Å². The maximum absolute atomic E-state index is 4.88. The second-order valence-electron chi connectivity index (χ2n) is 6.47. The monoisotopic (exact) mass is 290 g/mol. The highest BCUT2D eigenvalue weighted by Crippen LogP contribution is 2.36. The van der Waals surface area contributed by atoms with Gasteiger partial charge in [0.05, 0.1) is 11.4 Å².